The molecule has 0 unspecified atom stereocenters. The SMILES string of the molecule is COC=c1c(=COC)c(=COC)c(=COC)c(=COC)c1=COC. The Bertz CT molecular complexity index is 652. The molecule has 0 N–H and O–H groups in total. The fraction of sp³-hybridized carbons (Fsp3) is 0.333. The fourth-order valence-corrected chi connectivity index (χ4v) is 2.34. The first-order valence-corrected chi connectivity index (χ1v) is 7.10. The molecule has 0 heterocycles. The van der Waals surface area contributed by atoms with E-state index in [1.165, 1.54) is 0 Å². The topological polar surface area (TPSA) is 55.4 Å². The Morgan fingerprint density at radius 2 is 0.458 bits per heavy atom. The van der Waals surface area contributed by atoms with E-state index in [0.717, 1.165) is 31.3 Å². The average Bonchev–Trinajstić information content (AvgIpc) is 2.57. The predicted molar refractivity (Wildman–Crippen MR) is 93.0 cm³/mol. The molecule has 0 radical (unpaired) electrons. The van der Waals surface area contributed by atoms with Crippen molar-refractivity contribution < 1.29 is 28.4 Å². The van der Waals surface area contributed by atoms with Crippen molar-refractivity contribution in [2.45, 2.75) is 0 Å². The number of methoxy groups -OCH3 is 6. The summed E-state index contributed by atoms with van der Waals surface area (Å²) in [6.07, 6.45) is 9.62. The maximum Gasteiger partial charge on any atom is 0.0911 e. The summed E-state index contributed by atoms with van der Waals surface area (Å²) >= 11 is 0. The van der Waals surface area contributed by atoms with Crippen molar-refractivity contribution in [2.75, 3.05) is 42.7 Å². The van der Waals surface area contributed by atoms with Gasteiger partial charge in [-0.2, -0.15) is 0 Å². The molecule has 132 valence electrons. The first-order valence-electron chi connectivity index (χ1n) is 7.10. The third kappa shape index (κ3) is 4.16. The van der Waals surface area contributed by atoms with Crippen molar-refractivity contribution >= 4 is 37.6 Å². The molecule has 6 heteroatoms. The third-order valence-electron chi connectivity index (χ3n) is 3.16. The molecule has 0 bridgehead atoms. The lowest BCUT2D eigenvalue weighted by Gasteiger charge is -2.03. The van der Waals surface area contributed by atoms with Crippen LogP contribution in [0.4, 0.5) is 0 Å². The molecular weight excluding hydrogens is 312 g/mol. The summed E-state index contributed by atoms with van der Waals surface area (Å²) in [4.78, 5) is 0. The van der Waals surface area contributed by atoms with E-state index in [1.54, 1.807) is 80.2 Å². The van der Waals surface area contributed by atoms with Gasteiger partial charge in [-0.15, -0.1) is 0 Å². The first kappa shape index (κ1) is 19.3. The second kappa shape index (κ2) is 10.1. The number of hydrogen-bond acceptors (Lipinski definition) is 6. The van der Waals surface area contributed by atoms with E-state index in [9.17, 15) is 0 Å². The number of hydrogen-bond donors (Lipinski definition) is 0. The van der Waals surface area contributed by atoms with Crippen molar-refractivity contribution in [1.29, 1.82) is 0 Å². The summed E-state index contributed by atoms with van der Waals surface area (Å²) in [5.74, 6) is 0. The summed E-state index contributed by atoms with van der Waals surface area (Å²) in [7, 11) is 9.43. The average molecular weight is 336 g/mol. The highest BCUT2D eigenvalue weighted by Crippen LogP contribution is 1.69. The van der Waals surface area contributed by atoms with E-state index in [-0.39, 0.29) is 0 Å². The zero-order valence-electron chi connectivity index (χ0n) is 14.9. The van der Waals surface area contributed by atoms with Gasteiger partial charge in [0.15, 0.2) is 0 Å². The summed E-state index contributed by atoms with van der Waals surface area (Å²) in [5.41, 5.74) is 0. The lowest BCUT2D eigenvalue weighted by atomic mass is 10.1. The standard InChI is InChI=1S/C18H24O6/c1-19-7-13-14(8-20-2)16(10-22-4)18(12-24-6)17(11-23-5)15(13)9-21-3/h7-12H,1-6H3. The summed E-state index contributed by atoms with van der Waals surface area (Å²) in [6.45, 7) is 0. The second-order valence-electron chi connectivity index (χ2n) is 4.60. The van der Waals surface area contributed by atoms with Crippen LogP contribution in [0.2, 0.25) is 0 Å². The Hall–Kier alpha value is -2.76. The molecule has 1 rings (SSSR count). The van der Waals surface area contributed by atoms with Crippen LogP contribution in [0.15, 0.2) is 0 Å². The van der Waals surface area contributed by atoms with Crippen molar-refractivity contribution in [3.63, 3.8) is 0 Å². The van der Waals surface area contributed by atoms with Gasteiger partial charge in [0.05, 0.1) is 80.2 Å². The summed E-state index contributed by atoms with van der Waals surface area (Å²) in [6, 6.07) is 0. The van der Waals surface area contributed by atoms with E-state index < -0.39 is 0 Å². The summed E-state index contributed by atoms with van der Waals surface area (Å²) < 4.78 is 31.4. The van der Waals surface area contributed by atoms with Crippen LogP contribution in [0.3, 0.4) is 0 Å². The minimum Gasteiger partial charge on any atom is -0.504 e. The third-order valence-corrected chi connectivity index (χ3v) is 3.16. The smallest absolute Gasteiger partial charge is 0.0911 e. The zero-order valence-corrected chi connectivity index (χ0v) is 14.9. The van der Waals surface area contributed by atoms with Crippen LogP contribution in [-0.2, 0) is 28.4 Å². The molecular formula is C18H24O6. The van der Waals surface area contributed by atoms with Gasteiger partial charge in [-0.3, -0.25) is 0 Å². The van der Waals surface area contributed by atoms with Crippen LogP contribution in [0.1, 0.15) is 0 Å². The Kier molecular flexibility index (Phi) is 8.11. The highest BCUT2D eigenvalue weighted by atomic mass is 16.5. The van der Waals surface area contributed by atoms with Gasteiger partial charge in [-0.1, -0.05) is 0 Å². The molecule has 0 aliphatic rings. The molecule has 0 spiro atoms. The molecule has 0 aromatic heterocycles. The Morgan fingerprint density at radius 1 is 0.333 bits per heavy atom. The molecule has 1 aromatic rings. The van der Waals surface area contributed by atoms with Crippen molar-refractivity contribution in [3.05, 3.63) is 31.3 Å². The molecule has 0 aliphatic carbocycles. The highest BCUT2D eigenvalue weighted by Gasteiger charge is 2.03. The van der Waals surface area contributed by atoms with Crippen LogP contribution < -0.4 is 31.3 Å². The van der Waals surface area contributed by atoms with Crippen LogP contribution in [0.5, 0.6) is 0 Å². The van der Waals surface area contributed by atoms with Crippen LogP contribution in [-0.4, -0.2) is 42.7 Å². The predicted octanol–water partition coefficient (Wildman–Crippen LogP) is -2.01. The normalized spacial score (nSPS) is 9.25. The van der Waals surface area contributed by atoms with Gasteiger partial charge < -0.3 is 28.4 Å². The molecule has 0 saturated heterocycles. The molecule has 0 amide bonds. The van der Waals surface area contributed by atoms with Gasteiger partial charge in [-0.05, 0) is 0 Å². The van der Waals surface area contributed by atoms with E-state index in [0.29, 0.717) is 0 Å². The minimum absolute atomic E-state index is 0.751. The van der Waals surface area contributed by atoms with Gasteiger partial charge in [0.25, 0.3) is 0 Å². The molecule has 1 aromatic carbocycles. The fourth-order valence-electron chi connectivity index (χ4n) is 2.34. The highest BCUT2D eigenvalue weighted by molar-refractivity contribution is 5.39. The Balaban J connectivity index is 4.55. The van der Waals surface area contributed by atoms with E-state index in [4.69, 9.17) is 28.4 Å². The number of benzene rings is 1. The molecule has 0 fully saturated rings. The van der Waals surface area contributed by atoms with Gasteiger partial charge in [0.2, 0.25) is 0 Å². The molecule has 24 heavy (non-hydrogen) atoms. The lowest BCUT2D eigenvalue weighted by Crippen LogP contribution is -2.65. The van der Waals surface area contributed by atoms with Crippen LogP contribution in [0.25, 0.3) is 37.6 Å². The van der Waals surface area contributed by atoms with Crippen molar-refractivity contribution in [3.8, 4) is 0 Å². The molecule has 0 atom stereocenters. The van der Waals surface area contributed by atoms with E-state index in [2.05, 4.69) is 0 Å². The van der Waals surface area contributed by atoms with Gasteiger partial charge in [0.1, 0.15) is 0 Å². The van der Waals surface area contributed by atoms with Gasteiger partial charge in [0, 0.05) is 31.3 Å². The quantitative estimate of drug-likeness (QED) is 0.599. The summed E-state index contributed by atoms with van der Waals surface area (Å²) in [5, 5.41) is 4.51. The molecule has 0 aliphatic heterocycles. The number of ether oxygens (including phenoxy) is 6. The second-order valence-corrected chi connectivity index (χ2v) is 4.60. The van der Waals surface area contributed by atoms with Gasteiger partial charge >= 0.3 is 0 Å². The van der Waals surface area contributed by atoms with E-state index in [1.807, 2.05) is 0 Å². The van der Waals surface area contributed by atoms with Gasteiger partial charge in [-0.25, -0.2) is 0 Å². The Morgan fingerprint density at radius 3 is 0.542 bits per heavy atom. The minimum atomic E-state index is 0.751. The maximum atomic E-state index is 5.24. The van der Waals surface area contributed by atoms with Crippen LogP contribution in [0, 0.1) is 0 Å². The zero-order chi connectivity index (χ0) is 17.9. The van der Waals surface area contributed by atoms with E-state index >= 15 is 0 Å². The van der Waals surface area contributed by atoms with Crippen LogP contribution >= 0.6 is 0 Å². The lowest BCUT2D eigenvalue weighted by molar-refractivity contribution is 0.377. The Labute approximate surface area is 140 Å². The van der Waals surface area contributed by atoms with Crippen molar-refractivity contribution in [2.24, 2.45) is 0 Å². The first-order chi connectivity index (χ1) is 11.7. The number of rotatable bonds is 6. The molecule has 0 saturated carbocycles. The monoisotopic (exact) mass is 336 g/mol. The largest absolute Gasteiger partial charge is 0.504 e. The molecule has 6 nitrogen and oxygen atoms in total. The maximum absolute atomic E-state index is 5.24. The van der Waals surface area contributed by atoms with Crippen molar-refractivity contribution in [1.82, 2.24) is 0 Å².